The molecule has 1 aliphatic rings. The molecule has 1 aliphatic heterocycles. The molecule has 0 unspecified atom stereocenters. The van der Waals surface area contributed by atoms with Gasteiger partial charge in [-0.05, 0) is 6.42 Å². The zero-order valence-corrected chi connectivity index (χ0v) is 11.1. The number of amides is 1. The molecule has 0 bridgehead atoms. The van der Waals surface area contributed by atoms with Gasteiger partial charge in [-0.2, -0.15) is 0 Å². The Labute approximate surface area is 98.4 Å². The van der Waals surface area contributed by atoms with E-state index in [2.05, 4.69) is 20.4 Å². The summed E-state index contributed by atoms with van der Waals surface area (Å²) in [5.41, 5.74) is -0.144. The standard InChI is InChI=1S/C11H21BNOS/c1-5-9(6-2)12-15-13-8-7-11(3,4)10(13)14/h9H,5-8H2,1-4H3. The van der Waals surface area contributed by atoms with E-state index in [1.165, 1.54) is 0 Å². The molecule has 4 heteroatoms. The molecule has 1 heterocycles. The van der Waals surface area contributed by atoms with Crippen LogP contribution in [-0.2, 0) is 4.79 Å². The van der Waals surface area contributed by atoms with Crippen LogP contribution in [0.25, 0.3) is 0 Å². The molecule has 1 saturated heterocycles. The van der Waals surface area contributed by atoms with Crippen molar-refractivity contribution in [2.75, 3.05) is 6.54 Å². The van der Waals surface area contributed by atoms with E-state index in [1.807, 2.05) is 18.2 Å². The van der Waals surface area contributed by atoms with Crippen LogP contribution in [0.15, 0.2) is 0 Å². The monoisotopic (exact) mass is 226 g/mol. The highest BCUT2D eigenvalue weighted by molar-refractivity contribution is 8.21. The Morgan fingerprint density at radius 3 is 2.47 bits per heavy atom. The van der Waals surface area contributed by atoms with Gasteiger partial charge >= 0.3 is 0 Å². The lowest BCUT2D eigenvalue weighted by molar-refractivity contribution is -0.130. The quantitative estimate of drug-likeness (QED) is 0.530. The van der Waals surface area contributed by atoms with Crippen LogP contribution >= 0.6 is 11.8 Å². The average Bonchev–Trinajstić information content (AvgIpc) is 2.46. The van der Waals surface area contributed by atoms with E-state index in [1.54, 1.807) is 11.8 Å². The smallest absolute Gasteiger partial charge is 0.237 e. The lowest BCUT2D eigenvalue weighted by Gasteiger charge is -2.20. The summed E-state index contributed by atoms with van der Waals surface area (Å²) >= 11 is 1.61. The van der Waals surface area contributed by atoms with Crippen molar-refractivity contribution in [2.45, 2.75) is 52.8 Å². The summed E-state index contributed by atoms with van der Waals surface area (Å²) in [6.45, 7) is 11.6. The van der Waals surface area contributed by atoms with Crippen LogP contribution < -0.4 is 0 Å². The van der Waals surface area contributed by atoms with Crippen LogP contribution in [-0.4, -0.2) is 23.3 Å². The van der Waals surface area contributed by atoms with Crippen molar-refractivity contribution in [3.05, 3.63) is 0 Å². The molecule has 2 nitrogen and oxygen atoms in total. The first kappa shape index (κ1) is 13.0. The first-order valence-corrected chi connectivity index (χ1v) is 6.67. The molecule has 0 aliphatic carbocycles. The third-order valence-electron chi connectivity index (χ3n) is 3.17. The summed E-state index contributed by atoms with van der Waals surface area (Å²) in [5, 5.41) is 0. The number of carbonyl (C=O) groups is 1. The lowest BCUT2D eigenvalue weighted by Crippen LogP contribution is -2.27. The Morgan fingerprint density at radius 1 is 1.47 bits per heavy atom. The van der Waals surface area contributed by atoms with Gasteiger partial charge in [-0.25, -0.2) is 0 Å². The third-order valence-corrected chi connectivity index (χ3v) is 4.28. The average molecular weight is 226 g/mol. The molecular formula is C11H21BNOS. The van der Waals surface area contributed by atoms with Crippen LogP contribution in [0.3, 0.4) is 0 Å². The minimum absolute atomic E-state index is 0.144. The Kier molecular flexibility index (Phi) is 4.56. The molecule has 1 fully saturated rings. The van der Waals surface area contributed by atoms with Gasteiger partial charge in [0.05, 0.1) is 0 Å². The minimum atomic E-state index is -0.144. The van der Waals surface area contributed by atoms with Crippen molar-refractivity contribution in [3.8, 4) is 0 Å². The van der Waals surface area contributed by atoms with Crippen LogP contribution in [0, 0.1) is 5.41 Å². The summed E-state index contributed by atoms with van der Waals surface area (Å²) in [6, 6.07) is 0. The normalized spacial score (nSPS) is 20.1. The minimum Gasteiger partial charge on any atom is -0.297 e. The fourth-order valence-electron chi connectivity index (χ4n) is 1.67. The Balaban J connectivity index is 2.38. The van der Waals surface area contributed by atoms with Gasteiger partial charge in [-0.3, -0.25) is 9.10 Å². The molecule has 15 heavy (non-hydrogen) atoms. The van der Waals surface area contributed by atoms with Crippen molar-refractivity contribution in [1.29, 1.82) is 0 Å². The van der Waals surface area contributed by atoms with Crippen LogP contribution in [0.4, 0.5) is 0 Å². The van der Waals surface area contributed by atoms with Gasteiger partial charge in [-0.15, -0.1) is 11.8 Å². The van der Waals surface area contributed by atoms with Gasteiger partial charge in [0.1, 0.15) is 0 Å². The summed E-state index contributed by atoms with van der Waals surface area (Å²) in [6.07, 6.45) is 3.30. The van der Waals surface area contributed by atoms with Crippen molar-refractivity contribution >= 4 is 24.3 Å². The van der Waals surface area contributed by atoms with E-state index in [-0.39, 0.29) is 11.3 Å². The van der Waals surface area contributed by atoms with E-state index in [0.717, 1.165) is 25.8 Å². The maximum Gasteiger partial charge on any atom is 0.237 e. The van der Waals surface area contributed by atoms with Gasteiger partial charge in [0.2, 0.25) is 12.5 Å². The second-order valence-electron chi connectivity index (χ2n) is 4.86. The van der Waals surface area contributed by atoms with E-state index < -0.39 is 0 Å². The van der Waals surface area contributed by atoms with Crippen LogP contribution in [0.1, 0.15) is 47.0 Å². The van der Waals surface area contributed by atoms with Crippen LogP contribution in [0.2, 0.25) is 5.82 Å². The van der Waals surface area contributed by atoms with Gasteiger partial charge < -0.3 is 0 Å². The molecule has 85 valence electrons. The number of nitrogens with zero attached hydrogens (tertiary/aromatic N) is 1. The topological polar surface area (TPSA) is 20.3 Å². The van der Waals surface area contributed by atoms with E-state index in [4.69, 9.17) is 0 Å². The zero-order valence-electron chi connectivity index (χ0n) is 10.2. The Hall–Kier alpha value is -0.115. The fraction of sp³-hybridized carbons (Fsp3) is 0.909. The second kappa shape index (κ2) is 5.28. The van der Waals surface area contributed by atoms with Crippen LogP contribution in [0.5, 0.6) is 0 Å². The molecule has 0 aromatic carbocycles. The molecule has 0 atom stereocenters. The number of carbonyl (C=O) groups excluding carboxylic acids is 1. The Morgan fingerprint density at radius 2 is 2.07 bits per heavy atom. The maximum atomic E-state index is 11.9. The van der Waals surface area contributed by atoms with Gasteiger partial charge in [0, 0.05) is 12.0 Å². The number of hydrogen-bond acceptors (Lipinski definition) is 2. The number of rotatable bonds is 5. The SMILES string of the molecule is CCC([B]SN1CCC(C)(C)C1=O)CC. The number of hydrogen-bond donors (Lipinski definition) is 0. The first-order chi connectivity index (χ1) is 7.01. The van der Waals surface area contributed by atoms with Gasteiger partial charge in [0.15, 0.2) is 0 Å². The summed E-state index contributed by atoms with van der Waals surface area (Å²) in [5.74, 6) is 0.918. The summed E-state index contributed by atoms with van der Waals surface area (Å²) in [4.78, 5) is 11.9. The zero-order chi connectivity index (χ0) is 11.5. The second-order valence-corrected chi connectivity index (χ2v) is 5.78. The summed E-state index contributed by atoms with van der Waals surface area (Å²) in [7, 11) is 0. The Bertz CT molecular complexity index is 229. The predicted octanol–water partition coefficient (Wildman–Crippen LogP) is 3.12. The first-order valence-electron chi connectivity index (χ1n) is 5.83. The largest absolute Gasteiger partial charge is 0.297 e. The summed E-state index contributed by atoms with van der Waals surface area (Å²) < 4.78 is 1.92. The molecule has 1 radical (unpaired) electrons. The molecule has 0 aromatic heterocycles. The molecule has 0 N–H and O–H groups in total. The highest BCUT2D eigenvalue weighted by atomic mass is 32.2. The van der Waals surface area contributed by atoms with Crippen molar-refractivity contribution in [2.24, 2.45) is 5.41 Å². The molecule has 0 spiro atoms. The van der Waals surface area contributed by atoms with Gasteiger partial charge in [0.25, 0.3) is 0 Å². The molecular weight excluding hydrogens is 205 g/mol. The maximum absolute atomic E-state index is 11.9. The van der Waals surface area contributed by atoms with Crippen molar-refractivity contribution in [1.82, 2.24) is 4.31 Å². The van der Waals surface area contributed by atoms with E-state index in [0.29, 0.717) is 5.82 Å². The van der Waals surface area contributed by atoms with Crippen molar-refractivity contribution < 1.29 is 4.79 Å². The van der Waals surface area contributed by atoms with Gasteiger partial charge in [-0.1, -0.05) is 46.4 Å². The fourth-order valence-corrected chi connectivity index (χ4v) is 2.91. The van der Waals surface area contributed by atoms with E-state index in [9.17, 15) is 4.79 Å². The predicted molar refractivity (Wildman–Crippen MR) is 67.8 cm³/mol. The molecule has 1 amide bonds. The highest BCUT2D eigenvalue weighted by Crippen LogP contribution is 2.35. The molecule has 0 saturated carbocycles. The third kappa shape index (κ3) is 3.17. The molecule has 1 rings (SSSR count). The van der Waals surface area contributed by atoms with E-state index >= 15 is 0 Å². The lowest BCUT2D eigenvalue weighted by atomic mass is 9.81. The molecule has 0 aromatic rings. The highest BCUT2D eigenvalue weighted by Gasteiger charge is 2.38. The van der Waals surface area contributed by atoms with Crippen molar-refractivity contribution in [3.63, 3.8) is 0 Å².